The third-order valence-corrected chi connectivity index (χ3v) is 2.35. The Bertz CT molecular complexity index is 488. The summed E-state index contributed by atoms with van der Waals surface area (Å²) < 4.78 is 13.1. The van der Waals surface area contributed by atoms with Crippen molar-refractivity contribution in [2.24, 2.45) is 5.11 Å². The molecular formula is C10H11FN4O3. The van der Waals surface area contributed by atoms with E-state index in [1.54, 1.807) is 0 Å². The predicted molar refractivity (Wildman–Crippen MR) is 61.3 cm³/mol. The van der Waals surface area contributed by atoms with Gasteiger partial charge in [-0.05, 0) is 30.0 Å². The van der Waals surface area contributed by atoms with Crippen molar-refractivity contribution in [1.29, 1.82) is 0 Å². The first-order chi connectivity index (χ1) is 8.56. The molecule has 0 aliphatic rings. The Morgan fingerprint density at radius 3 is 2.94 bits per heavy atom. The average Bonchev–Trinajstić information content (AvgIpc) is 2.34. The fourth-order valence-electron chi connectivity index (χ4n) is 1.44. The summed E-state index contributed by atoms with van der Waals surface area (Å²) in [6.45, 7) is 0.233. The van der Waals surface area contributed by atoms with Crippen molar-refractivity contribution in [3.05, 3.63) is 50.1 Å². The number of azide groups is 1. The first-order valence-corrected chi connectivity index (χ1v) is 5.19. The monoisotopic (exact) mass is 254 g/mol. The summed E-state index contributed by atoms with van der Waals surface area (Å²) in [4.78, 5) is 12.2. The van der Waals surface area contributed by atoms with E-state index in [9.17, 15) is 19.6 Å². The van der Waals surface area contributed by atoms with Crippen LogP contribution in [0.3, 0.4) is 0 Å². The summed E-state index contributed by atoms with van der Waals surface area (Å²) in [5, 5.41) is 23.6. The molecule has 1 rings (SSSR count). The summed E-state index contributed by atoms with van der Waals surface area (Å²) in [6, 6.07) is 3.25. The van der Waals surface area contributed by atoms with Gasteiger partial charge in [-0.2, -0.15) is 4.39 Å². The Kier molecular flexibility index (Phi) is 5.04. The zero-order valence-corrected chi connectivity index (χ0v) is 9.36. The molecule has 1 atom stereocenters. The molecule has 0 aromatic heterocycles. The van der Waals surface area contributed by atoms with Gasteiger partial charge in [0.2, 0.25) is 5.82 Å². The molecule has 1 N–H and O–H groups in total. The zero-order valence-electron chi connectivity index (χ0n) is 9.36. The Balaban J connectivity index is 2.73. The Labute approximate surface area is 102 Å². The number of nitro benzene ring substituents is 1. The molecule has 0 radical (unpaired) electrons. The standard InChI is InChI=1S/C10H11FN4O3/c11-8-4-3-7(6-9(8)15(17)18)10(16)2-1-5-13-14-12/h3-4,6,10,16H,1-2,5H2. The molecule has 0 saturated carbocycles. The lowest BCUT2D eigenvalue weighted by Gasteiger charge is -2.09. The fourth-order valence-corrected chi connectivity index (χ4v) is 1.44. The molecule has 0 saturated heterocycles. The van der Waals surface area contributed by atoms with E-state index in [1.807, 2.05) is 0 Å². The quantitative estimate of drug-likeness (QED) is 0.210. The molecular weight excluding hydrogens is 243 g/mol. The molecule has 7 nitrogen and oxygen atoms in total. The van der Waals surface area contributed by atoms with Gasteiger partial charge in [0.1, 0.15) is 0 Å². The summed E-state index contributed by atoms with van der Waals surface area (Å²) >= 11 is 0. The molecule has 0 spiro atoms. The van der Waals surface area contributed by atoms with Crippen molar-refractivity contribution in [3.63, 3.8) is 0 Å². The van der Waals surface area contributed by atoms with Gasteiger partial charge in [-0.15, -0.1) is 0 Å². The van der Waals surface area contributed by atoms with Gasteiger partial charge in [-0.1, -0.05) is 11.2 Å². The number of halogens is 1. The maximum absolute atomic E-state index is 13.1. The van der Waals surface area contributed by atoms with E-state index in [1.165, 1.54) is 6.07 Å². The van der Waals surface area contributed by atoms with Crippen molar-refractivity contribution in [2.75, 3.05) is 6.54 Å². The molecule has 0 heterocycles. The molecule has 8 heteroatoms. The van der Waals surface area contributed by atoms with Gasteiger partial charge in [0.15, 0.2) is 0 Å². The van der Waals surface area contributed by atoms with Gasteiger partial charge in [0.05, 0.1) is 11.0 Å². The number of nitrogens with zero attached hydrogens (tertiary/aromatic N) is 4. The number of benzene rings is 1. The highest BCUT2D eigenvalue weighted by Crippen LogP contribution is 2.25. The van der Waals surface area contributed by atoms with Crippen LogP contribution in [0, 0.1) is 15.9 Å². The van der Waals surface area contributed by atoms with E-state index < -0.39 is 22.5 Å². The van der Waals surface area contributed by atoms with Gasteiger partial charge in [0, 0.05) is 17.5 Å². The van der Waals surface area contributed by atoms with E-state index in [4.69, 9.17) is 5.53 Å². The lowest BCUT2D eigenvalue weighted by Crippen LogP contribution is -2.01. The van der Waals surface area contributed by atoms with Crippen molar-refractivity contribution >= 4 is 5.69 Å². The number of aliphatic hydroxyl groups is 1. The van der Waals surface area contributed by atoms with Gasteiger partial charge < -0.3 is 5.11 Å². The Hall–Kier alpha value is -2.18. The minimum atomic E-state index is -0.946. The topological polar surface area (TPSA) is 112 Å². The molecule has 1 aromatic carbocycles. The minimum absolute atomic E-state index is 0.233. The number of rotatable bonds is 6. The zero-order chi connectivity index (χ0) is 13.5. The van der Waals surface area contributed by atoms with Crippen LogP contribution in [0.4, 0.5) is 10.1 Å². The first-order valence-electron chi connectivity index (χ1n) is 5.19. The third-order valence-electron chi connectivity index (χ3n) is 2.35. The average molecular weight is 254 g/mol. The van der Waals surface area contributed by atoms with Gasteiger partial charge in [0.25, 0.3) is 0 Å². The van der Waals surface area contributed by atoms with Crippen LogP contribution in [0.2, 0.25) is 0 Å². The van der Waals surface area contributed by atoms with E-state index in [2.05, 4.69) is 10.0 Å². The van der Waals surface area contributed by atoms with Crippen LogP contribution in [0.15, 0.2) is 23.3 Å². The largest absolute Gasteiger partial charge is 0.388 e. The molecule has 0 bridgehead atoms. The smallest absolute Gasteiger partial charge is 0.305 e. The lowest BCUT2D eigenvalue weighted by atomic mass is 10.0. The van der Waals surface area contributed by atoms with E-state index in [0.29, 0.717) is 6.42 Å². The highest BCUT2D eigenvalue weighted by Gasteiger charge is 2.17. The summed E-state index contributed by atoms with van der Waals surface area (Å²) in [6.07, 6.45) is -0.226. The summed E-state index contributed by atoms with van der Waals surface area (Å²) in [5.74, 6) is -0.940. The van der Waals surface area contributed by atoms with Crippen molar-refractivity contribution < 1.29 is 14.4 Å². The van der Waals surface area contributed by atoms with Crippen molar-refractivity contribution in [1.82, 2.24) is 0 Å². The van der Waals surface area contributed by atoms with Gasteiger partial charge in [-0.25, -0.2) is 0 Å². The summed E-state index contributed by atoms with van der Waals surface area (Å²) in [7, 11) is 0. The van der Waals surface area contributed by atoms with Gasteiger partial charge in [-0.3, -0.25) is 10.1 Å². The van der Waals surface area contributed by atoms with Crippen molar-refractivity contribution in [2.45, 2.75) is 18.9 Å². The van der Waals surface area contributed by atoms with Crippen LogP contribution in [-0.2, 0) is 0 Å². The lowest BCUT2D eigenvalue weighted by molar-refractivity contribution is -0.387. The molecule has 18 heavy (non-hydrogen) atoms. The number of hydrogen-bond donors (Lipinski definition) is 1. The Morgan fingerprint density at radius 1 is 1.61 bits per heavy atom. The third kappa shape index (κ3) is 3.69. The second-order valence-electron chi connectivity index (χ2n) is 3.58. The highest BCUT2D eigenvalue weighted by molar-refractivity contribution is 5.37. The van der Waals surface area contributed by atoms with E-state index in [-0.39, 0.29) is 18.5 Å². The summed E-state index contributed by atoms with van der Waals surface area (Å²) in [5.41, 5.74) is 7.66. The number of hydrogen-bond acceptors (Lipinski definition) is 4. The second kappa shape index (κ2) is 6.53. The molecule has 0 aliphatic heterocycles. The molecule has 1 aromatic rings. The van der Waals surface area contributed by atoms with Crippen LogP contribution in [0.5, 0.6) is 0 Å². The van der Waals surface area contributed by atoms with E-state index in [0.717, 1.165) is 12.1 Å². The number of aliphatic hydroxyl groups excluding tert-OH is 1. The SMILES string of the molecule is [N-]=[N+]=NCCCC(O)c1ccc(F)c([N+](=O)[O-])c1. The fraction of sp³-hybridized carbons (Fsp3) is 0.400. The first kappa shape index (κ1) is 13.9. The normalized spacial score (nSPS) is 11.7. The highest BCUT2D eigenvalue weighted by atomic mass is 19.1. The maximum Gasteiger partial charge on any atom is 0.305 e. The predicted octanol–water partition coefficient (Wildman–Crippen LogP) is 2.86. The van der Waals surface area contributed by atoms with Crippen LogP contribution in [-0.4, -0.2) is 16.6 Å². The molecule has 1 unspecified atom stereocenters. The van der Waals surface area contributed by atoms with Crippen LogP contribution in [0.25, 0.3) is 10.4 Å². The van der Waals surface area contributed by atoms with Crippen LogP contribution in [0.1, 0.15) is 24.5 Å². The number of nitro groups is 1. The Morgan fingerprint density at radius 2 is 2.33 bits per heavy atom. The molecule has 0 amide bonds. The van der Waals surface area contributed by atoms with Crippen LogP contribution < -0.4 is 0 Å². The van der Waals surface area contributed by atoms with Crippen LogP contribution >= 0.6 is 0 Å². The molecule has 96 valence electrons. The molecule has 0 aliphatic carbocycles. The molecule has 0 fully saturated rings. The maximum atomic E-state index is 13.1. The van der Waals surface area contributed by atoms with Crippen molar-refractivity contribution in [3.8, 4) is 0 Å². The van der Waals surface area contributed by atoms with E-state index >= 15 is 0 Å². The second-order valence-corrected chi connectivity index (χ2v) is 3.58. The van der Waals surface area contributed by atoms with Gasteiger partial charge >= 0.3 is 5.69 Å². The minimum Gasteiger partial charge on any atom is -0.388 e.